The Kier molecular flexibility index (Phi) is 4.15. The standard InChI is InChI=1S/C17H13ClFN5S/c18-15-11(8-20)17(25-23-15)24-7-3-6-14(24)16-21-9-13(22-16)10-4-1-2-5-12(10)19/h1-2,4-5,9,14H,3,6-7H2,(H,21,22)/t14-/m1/s1. The normalized spacial score (nSPS) is 17.0. The summed E-state index contributed by atoms with van der Waals surface area (Å²) in [6.07, 6.45) is 3.51. The largest absolute Gasteiger partial charge is 0.351 e. The molecule has 4 rings (SSSR count). The number of halogens is 2. The Morgan fingerprint density at radius 3 is 3.04 bits per heavy atom. The van der Waals surface area contributed by atoms with E-state index in [1.54, 1.807) is 24.4 Å². The number of nitrogens with zero attached hydrogens (tertiary/aromatic N) is 4. The lowest BCUT2D eigenvalue weighted by Gasteiger charge is -2.23. The van der Waals surface area contributed by atoms with E-state index in [9.17, 15) is 9.65 Å². The SMILES string of the molecule is N#Cc1c(Cl)nsc1N1CCC[C@@H]1c1ncc(-c2ccccc2F)[nH]1. The molecule has 25 heavy (non-hydrogen) atoms. The van der Waals surface area contributed by atoms with Gasteiger partial charge in [0.2, 0.25) is 0 Å². The van der Waals surface area contributed by atoms with Gasteiger partial charge in [-0.25, -0.2) is 9.37 Å². The highest BCUT2D eigenvalue weighted by molar-refractivity contribution is 7.10. The van der Waals surface area contributed by atoms with Crippen LogP contribution in [0.3, 0.4) is 0 Å². The van der Waals surface area contributed by atoms with Crippen molar-refractivity contribution < 1.29 is 4.39 Å². The number of hydrogen-bond donors (Lipinski definition) is 1. The lowest BCUT2D eigenvalue weighted by atomic mass is 10.1. The van der Waals surface area contributed by atoms with Crippen molar-refractivity contribution in [3.05, 3.63) is 52.8 Å². The molecule has 0 spiro atoms. The number of nitrogens with one attached hydrogen (secondary N) is 1. The third-order valence-corrected chi connectivity index (χ3v) is 5.59. The molecule has 0 radical (unpaired) electrons. The number of anilines is 1. The average Bonchev–Trinajstić information content (AvgIpc) is 3.33. The zero-order chi connectivity index (χ0) is 17.4. The van der Waals surface area contributed by atoms with Crippen LogP contribution in [-0.2, 0) is 0 Å². The summed E-state index contributed by atoms with van der Waals surface area (Å²) in [5.41, 5.74) is 1.53. The van der Waals surface area contributed by atoms with Crippen LogP contribution in [0.2, 0.25) is 5.15 Å². The van der Waals surface area contributed by atoms with Gasteiger partial charge in [-0.15, -0.1) is 0 Å². The summed E-state index contributed by atoms with van der Waals surface area (Å²) >= 11 is 7.23. The maximum absolute atomic E-state index is 14.0. The third kappa shape index (κ3) is 2.77. The quantitative estimate of drug-likeness (QED) is 0.731. The molecule has 1 aromatic carbocycles. The Hall–Kier alpha value is -2.43. The van der Waals surface area contributed by atoms with E-state index in [-0.39, 0.29) is 17.0 Å². The number of H-pyrrole nitrogens is 1. The van der Waals surface area contributed by atoms with Crippen LogP contribution < -0.4 is 4.90 Å². The predicted octanol–water partition coefficient (Wildman–Crippen LogP) is 4.54. The second-order valence-corrected chi connectivity index (χ2v) is 6.89. The molecule has 2 aromatic heterocycles. The van der Waals surface area contributed by atoms with Crippen molar-refractivity contribution in [2.75, 3.05) is 11.4 Å². The number of nitriles is 1. The Balaban J connectivity index is 1.68. The first-order chi connectivity index (χ1) is 12.2. The molecule has 1 N–H and O–H groups in total. The summed E-state index contributed by atoms with van der Waals surface area (Å²) in [7, 11) is 0. The second-order valence-electron chi connectivity index (χ2n) is 5.78. The van der Waals surface area contributed by atoms with Gasteiger partial charge >= 0.3 is 0 Å². The molecule has 1 aliphatic rings. The summed E-state index contributed by atoms with van der Waals surface area (Å²) in [6.45, 7) is 0.799. The van der Waals surface area contributed by atoms with Gasteiger partial charge in [0.25, 0.3) is 0 Å². The van der Waals surface area contributed by atoms with E-state index < -0.39 is 0 Å². The molecule has 1 saturated heterocycles. The van der Waals surface area contributed by atoms with E-state index in [0.29, 0.717) is 16.8 Å². The summed E-state index contributed by atoms with van der Waals surface area (Å²) in [5, 5.41) is 10.3. The van der Waals surface area contributed by atoms with E-state index in [4.69, 9.17) is 11.6 Å². The minimum Gasteiger partial charge on any atom is -0.351 e. The van der Waals surface area contributed by atoms with Crippen molar-refractivity contribution in [2.24, 2.45) is 0 Å². The fourth-order valence-corrected chi connectivity index (χ4v) is 4.28. The van der Waals surface area contributed by atoms with Gasteiger partial charge in [0, 0.05) is 12.1 Å². The highest BCUT2D eigenvalue weighted by Gasteiger charge is 2.32. The molecule has 0 aliphatic carbocycles. The van der Waals surface area contributed by atoms with Gasteiger partial charge in [-0.2, -0.15) is 9.64 Å². The lowest BCUT2D eigenvalue weighted by Crippen LogP contribution is -2.23. The van der Waals surface area contributed by atoms with Crippen molar-refractivity contribution >= 4 is 28.1 Å². The number of rotatable bonds is 3. The number of aromatic nitrogens is 3. The highest BCUT2D eigenvalue weighted by atomic mass is 35.5. The Labute approximate surface area is 152 Å². The average molecular weight is 374 g/mol. The van der Waals surface area contributed by atoms with Crippen LogP contribution in [0.4, 0.5) is 9.39 Å². The zero-order valence-electron chi connectivity index (χ0n) is 13.0. The van der Waals surface area contributed by atoms with Gasteiger partial charge in [0.15, 0.2) is 5.15 Å². The van der Waals surface area contributed by atoms with Crippen LogP contribution in [0, 0.1) is 17.1 Å². The van der Waals surface area contributed by atoms with Crippen molar-refractivity contribution in [1.82, 2.24) is 14.3 Å². The van der Waals surface area contributed by atoms with E-state index in [0.717, 1.165) is 30.2 Å². The summed E-state index contributed by atoms with van der Waals surface area (Å²) in [5.74, 6) is 0.464. The van der Waals surface area contributed by atoms with Gasteiger partial charge in [0.1, 0.15) is 28.3 Å². The van der Waals surface area contributed by atoms with E-state index >= 15 is 0 Å². The maximum atomic E-state index is 14.0. The zero-order valence-corrected chi connectivity index (χ0v) is 14.6. The molecule has 0 saturated carbocycles. The number of imidazole rings is 1. The van der Waals surface area contributed by atoms with Crippen molar-refractivity contribution in [3.8, 4) is 17.3 Å². The summed E-state index contributed by atoms with van der Waals surface area (Å²) in [4.78, 5) is 9.79. The van der Waals surface area contributed by atoms with Gasteiger partial charge < -0.3 is 9.88 Å². The molecule has 1 atom stereocenters. The van der Waals surface area contributed by atoms with Crippen LogP contribution >= 0.6 is 23.1 Å². The Morgan fingerprint density at radius 2 is 2.24 bits per heavy atom. The smallest absolute Gasteiger partial charge is 0.162 e. The first-order valence-corrected chi connectivity index (χ1v) is 8.96. The van der Waals surface area contributed by atoms with Crippen molar-refractivity contribution in [3.63, 3.8) is 0 Å². The molecule has 3 heterocycles. The number of benzene rings is 1. The van der Waals surface area contributed by atoms with Gasteiger partial charge in [0.05, 0.1) is 17.9 Å². The third-order valence-electron chi connectivity index (χ3n) is 4.33. The van der Waals surface area contributed by atoms with Crippen LogP contribution in [0.5, 0.6) is 0 Å². The molecule has 0 bridgehead atoms. The maximum Gasteiger partial charge on any atom is 0.162 e. The molecule has 1 fully saturated rings. The van der Waals surface area contributed by atoms with E-state index in [1.807, 2.05) is 0 Å². The molecule has 8 heteroatoms. The van der Waals surface area contributed by atoms with Gasteiger partial charge in [-0.3, -0.25) is 0 Å². The van der Waals surface area contributed by atoms with Crippen LogP contribution in [-0.4, -0.2) is 20.9 Å². The summed E-state index contributed by atoms with van der Waals surface area (Å²) < 4.78 is 18.1. The molecular formula is C17H13ClFN5S. The molecule has 126 valence electrons. The first-order valence-electron chi connectivity index (χ1n) is 7.80. The minimum absolute atomic E-state index is 0.0101. The minimum atomic E-state index is -0.290. The molecule has 3 aromatic rings. The van der Waals surface area contributed by atoms with Crippen LogP contribution in [0.25, 0.3) is 11.3 Å². The van der Waals surface area contributed by atoms with E-state index in [1.165, 1.54) is 17.6 Å². The molecule has 0 unspecified atom stereocenters. The topological polar surface area (TPSA) is 68.6 Å². The number of aromatic amines is 1. The molecule has 0 amide bonds. The molecule has 1 aliphatic heterocycles. The van der Waals surface area contributed by atoms with Crippen LogP contribution in [0.15, 0.2) is 30.5 Å². The molecular weight excluding hydrogens is 361 g/mol. The van der Waals surface area contributed by atoms with Crippen LogP contribution in [0.1, 0.15) is 30.3 Å². The summed E-state index contributed by atoms with van der Waals surface area (Å²) in [6, 6.07) is 8.71. The Bertz CT molecular complexity index is 960. The van der Waals surface area contributed by atoms with Crippen molar-refractivity contribution in [1.29, 1.82) is 5.26 Å². The second kappa shape index (κ2) is 6.47. The number of hydrogen-bond acceptors (Lipinski definition) is 5. The van der Waals surface area contributed by atoms with Crippen molar-refractivity contribution in [2.45, 2.75) is 18.9 Å². The first kappa shape index (κ1) is 16.1. The van der Waals surface area contributed by atoms with Gasteiger partial charge in [-0.1, -0.05) is 23.7 Å². The molecule has 5 nitrogen and oxygen atoms in total. The fourth-order valence-electron chi connectivity index (χ4n) is 3.17. The predicted molar refractivity (Wildman–Crippen MR) is 95.1 cm³/mol. The highest BCUT2D eigenvalue weighted by Crippen LogP contribution is 2.41. The lowest BCUT2D eigenvalue weighted by molar-refractivity contribution is 0.630. The van der Waals surface area contributed by atoms with Gasteiger partial charge in [-0.05, 0) is 36.5 Å². The monoisotopic (exact) mass is 373 g/mol. The van der Waals surface area contributed by atoms with E-state index in [2.05, 4.69) is 25.3 Å². The Morgan fingerprint density at radius 1 is 1.40 bits per heavy atom. The fraction of sp³-hybridized carbons (Fsp3) is 0.235.